The summed E-state index contributed by atoms with van der Waals surface area (Å²) in [6, 6.07) is 9.29. The van der Waals surface area contributed by atoms with Crippen molar-refractivity contribution in [2.45, 2.75) is 88.4 Å². The molecule has 3 atom stereocenters. The van der Waals surface area contributed by atoms with E-state index in [2.05, 4.69) is 36.0 Å². The van der Waals surface area contributed by atoms with Crippen molar-refractivity contribution in [3.63, 3.8) is 0 Å². The third-order valence-corrected chi connectivity index (χ3v) is 11.8. The number of carbonyl (C=O) groups is 4. The number of aromatic nitrogens is 3. The molecule has 1 saturated carbocycles. The maximum atomic E-state index is 14.2. The highest BCUT2D eigenvalue weighted by molar-refractivity contribution is 6.09. The Kier molecular flexibility index (Phi) is 11.3. The molecular weight excluding hydrogens is 756 g/mol. The summed E-state index contributed by atoms with van der Waals surface area (Å²) >= 11 is 0. The van der Waals surface area contributed by atoms with Crippen LogP contribution in [0, 0.1) is 11.8 Å². The van der Waals surface area contributed by atoms with Gasteiger partial charge in [0, 0.05) is 67.0 Å². The lowest BCUT2D eigenvalue weighted by molar-refractivity contribution is -0.456. The Labute approximate surface area is 332 Å². The van der Waals surface area contributed by atoms with Crippen LogP contribution in [0.25, 0.3) is 5.65 Å². The van der Waals surface area contributed by atoms with Crippen molar-refractivity contribution in [1.29, 1.82) is 0 Å². The Hall–Kier alpha value is -5.65. The number of rotatable bonds is 9. The van der Waals surface area contributed by atoms with Gasteiger partial charge in [0.15, 0.2) is 11.9 Å². The van der Waals surface area contributed by atoms with Crippen molar-refractivity contribution >= 4 is 52.7 Å². The molecule has 306 valence electrons. The van der Waals surface area contributed by atoms with Crippen molar-refractivity contribution in [1.82, 2.24) is 30.5 Å². The van der Waals surface area contributed by atoms with Gasteiger partial charge in [-0.3, -0.25) is 24.5 Å². The first-order valence-electron chi connectivity index (χ1n) is 20.0. The van der Waals surface area contributed by atoms with E-state index in [4.69, 9.17) is 5.73 Å². The zero-order chi connectivity index (χ0) is 40.5. The Morgan fingerprint density at radius 2 is 1.74 bits per heavy atom. The number of anilines is 2. The van der Waals surface area contributed by atoms with Crippen molar-refractivity contribution < 1.29 is 37.0 Å². The van der Waals surface area contributed by atoms with E-state index in [-0.39, 0.29) is 77.4 Å². The fourth-order valence-corrected chi connectivity index (χ4v) is 8.66. The lowest BCUT2D eigenvalue weighted by Gasteiger charge is -2.35. The van der Waals surface area contributed by atoms with E-state index in [1.54, 1.807) is 23.4 Å². The first-order chi connectivity index (χ1) is 28.0. The molecule has 2 aromatic heterocycles. The average molecular weight is 803 g/mol. The maximum absolute atomic E-state index is 14.2. The van der Waals surface area contributed by atoms with E-state index in [0.29, 0.717) is 50.9 Å². The van der Waals surface area contributed by atoms with Gasteiger partial charge in [0.2, 0.25) is 29.6 Å². The third kappa shape index (κ3) is 8.61. The second-order valence-electron chi connectivity index (χ2n) is 15.9. The lowest BCUT2D eigenvalue weighted by atomic mass is 9.82. The number of benzene rings is 1. The Morgan fingerprint density at radius 3 is 2.45 bits per heavy atom. The van der Waals surface area contributed by atoms with Gasteiger partial charge in [-0.05, 0) is 75.1 Å². The van der Waals surface area contributed by atoms with Gasteiger partial charge in [-0.1, -0.05) is 16.8 Å². The van der Waals surface area contributed by atoms with Gasteiger partial charge in [-0.2, -0.15) is 5.10 Å². The molecule has 3 aromatic rings. The van der Waals surface area contributed by atoms with Crippen LogP contribution in [0.15, 0.2) is 59.7 Å². The van der Waals surface area contributed by atoms with Gasteiger partial charge in [-0.25, -0.2) is 22.7 Å². The van der Waals surface area contributed by atoms with E-state index in [1.807, 2.05) is 24.3 Å². The second-order valence-corrected chi connectivity index (χ2v) is 15.9. The normalized spacial score (nSPS) is 26.5. The Morgan fingerprint density at radius 1 is 0.983 bits per heavy atom. The van der Waals surface area contributed by atoms with E-state index in [0.717, 1.165) is 37.2 Å². The number of imide groups is 1. The molecule has 5 aliphatic rings. The number of piperidine rings is 3. The van der Waals surface area contributed by atoms with Crippen LogP contribution in [0.4, 0.5) is 24.7 Å². The molecule has 5 N–H and O–H groups in total. The van der Waals surface area contributed by atoms with Crippen LogP contribution in [-0.4, -0.2) is 106 Å². The minimum Gasteiger partial charge on any atom is -0.371 e. The van der Waals surface area contributed by atoms with Gasteiger partial charge in [0.05, 0.1) is 18.7 Å². The highest BCUT2D eigenvalue weighted by atomic mass is 19.3. The van der Waals surface area contributed by atoms with Crippen LogP contribution in [0.5, 0.6) is 0 Å². The molecule has 1 unspecified atom stereocenters. The number of amides is 4. The number of halogens is 3. The molecule has 6 heterocycles. The molecule has 4 amide bonds. The molecular formula is C40H47F3N11O4+. The number of fused-ring (bicyclic) bond motifs is 1. The van der Waals surface area contributed by atoms with Gasteiger partial charge in [-0.15, -0.1) is 0 Å². The van der Waals surface area contributed by atoms with Crippen LogP contribution < -0.4 is 31.5 Å². The molecule has 8 rings (SSSR count). The summed E-state index contributed by atoms with van der Waals surface area (Å²) in [6.07, 6.45) is 7.32. The molecule has 1 aliphatic carbocycles. The van der Waals surface area contributed by atoms with E-state index < -0.39 is 24.2 Å². The van der Waals surface area contributed by atoms with Crippen LogP contribution in [0.2, 0.25) is 0 Å². The fourth-order valence-electron chi connectivity index (χ4n) is 8.66. The zero-order valence-corrected chi connectivity index (χ0v) is 31.9. The Balaban J connectivity index is 0.823. The minimum absolute atomic E-state index is 0.00305. The summed E-state index contributed by atoms with van der Waals surface area (Å²) in [5.74, 6) is -1.17. The summed E-state index contributed by atoms with van der Waals surface area (Å²) in [5.41, 5.74) is 7.48. The fraction of sp³-hybridized carbons (Fsp3) is 0.500. The van der Waals surface area contributed by atoms with Crippen molar-refractivity contribution in [2.75, 3.05) is 36.0 Å². The van der Waals surface area contributed by atoms with Gasteiger partial charge in [0.25, 0.3) is 12.3 Å². The van der Waals surface area contributed by atoms with E-state index in [1.165, 1.54) is 21.6 Å². The number of nitrogens with one attached hydrogen (secondary N) is 3. The topological polar surface area (TPSA) is 182 Å². The molecule has 18 heteroatoms. The number of alkyl halides is 3. The van der Waals surface area contributed by atoms with Gasteiger partial charge < -0.3 is 26.2 Å². The van der Waals surface area contributed by atoms with Gasteiger partial charge in [0.1, 0.15) is 23.3 Å². The van der Waals surface area contributed by atoms with Crippen LogP contribution in [0.3, 0.4) is 0 Å². The third-order valence-electron chi connectivity index (χ3n) is 11.8. The number of hydrazone groups is 1. The monoisotopic (exact) mass is 802 g/mol. The largest absolute Gasteiger partial charge is 0.371 e. The maximum Gasteiger partial charge on any atom is 0.288 e. The summed E-state index contributed by atoms with van der Waals surface area (Å²) < 4.78 is 45.2. The molecule has 4 fully saturated rings. The van der Waals surface area contributed by atoms with Crippen molar-refractivity contribution in [3.8, 4) is 0 Å². The predicted molar refractivity (Wildman–Crippen MR) is 208 cm³/mol. The molecule has 15 nitrogen and oxygen atoms in total. The predicted octanol–water partition coefficient (Wildman–Crippen LogP) is 3.01. The number of hydrogen-bond acceptors (Lipinski definition) is 10. The average Bonchev–Trinajstić information content (AvgIpc) is 3.82. The molecule has 58 heavy (non-hydrogen) atoms. The van der Waals surface area contributed by atoms with Crippen LogP contribution >= 0.6 is 0 Å². The smallest absolute Gasteiger partial charge is 0.288 e. The van der Waals surface area contributed by atoms with E-state index >= 15 is 0 Å². The Bertz CT molecular complexity index is 2150. The lowest BCUT2D eigenvalue weighted by Crippen LogP contribution is -2.48. The van der Waals surface area contributed by atoms with E-state index in [9.17, 15) is 32.3 Å². The second kappa shape index (κ2) is 16.7. The quantitative estimate of drug-likeness (QED) is 0.187. The molecule has 4 aliphatic heterocycles. The van der Waals surface area contributed by atoms with Crippen molar-refractivity contribution in [2.24, 2.45) is 22.7 Å². The van der Waals surface area contributed by atoms with Crippen LogP contribution in [-0.2, 0) is 14.4 Å². The molecule has 0 radical (unpaired) electrons. The number of nitrogens with zero attached hydrogens (tertiary/aromatic N) is 7. The van der Waals surface area contributed by atoms with Crippen LogP contribution in [0.1, 0.15) is 79.6 Å². The van der Waals surface area contributed by atoms with Gasteiger partial charge >= 0.3 is 0 Å². The molecule has 3 saturated heterocycles. The number of nitrogens with two attached hydrogens (primary N) is 1. The summed E-state index contributed by atoms with van der Waals surface area (Å²) in [7, 11) is 0. The highest BCUT2D eigenvalue weighted by Gasteiger charge is 2.35. The molecule has 1 aromatic carbocycles. The highest BCUT2D eigenvalue weighted by Crippen LogP contribution is 2.31. The minimum atomic E-state index is -2.95. The first kappa shape index (κ1) is 39.2. The summed E-state index contributed by atoms with van der Waals surface area (Å²) in [6.45, 7) is 2.08. The summed E-state index contributed by atoms with van der Waals surface area (Å²) in [4.78, 5) is 59.0. The number of hydrogen-bond donors (Lipinski definition) is 4. The standard InChI is InChI=1S/C40H46F3N11O4/c41-26-17-27(44)21-52(20-26)33-13-16-54-37(48-33)31(18-45-54)40(58)47-32-22-53(50-35(32)36(42)43)19-23-1-3-25(4-2-23)38(56)46-28-11-14-51(15-12-28)29-7-5-24(6-8-29)30-9-10-34(55)49-39(30)57/h5-8,13,16,18-19,22-23,25-28,30,36H,1-4,9-12,14-15,17,20-21,44H2,(H2-,46,47,49,55,56,57,58)/p+1/b53-19-/t23?,25?,26-,27-,30?/m1/s1. The number of allylic oxidation sites excluding steroid dienone is 1. The first-order valence-corrected chi connectivity index (χ1v) is 20.0. The zero-order valence-electron chi connectivity index (χ0n) is 31.9. The molecule has 0 bridgehead atoms. The van der Waals surface area contributed by atoms with Crippen molar-refractivity contribution in [3.05, 3.63) is 65.7 Å². The SMILES string of the molecule is N[C@@H]1C[C@@H](F)CN(c2ccn3ncc(C(=O)NC4=C/[N+](=C/C5CCC(C(=O)NC6CCN(c7ccc(C8CCC(=O)NC8=O)cc7)CC6)CC5)N=C4C(F)F)c3n2)C1. The number of carbonyl (C=O) groups excluding carboxylic acids is 4. The molecule has 0 spiro atoms. The summed E-state index contributed by atoms with van der Waals surface area (Å²) in [5, 5.41) is 16.5.